The molecule has 0 heterocycles. The topological polar surface area (TPSA) is 81.4 Å². The smallest absolute Gasteiger partial charge is 0.229 e. The number of ether oxygens (including phenoxy) is 1. The third kappa shape index (κ3) is 6.84. The van der Waals surface area contributed by atoms with Crippen molar-refractivity contribution in [2.45, 2.75) is 47.0 Å². The van der Waals surface area contributed by atoms with Gasteiger partial charge in [-0.2, -0.15) is 0 Å². The molecule has 0 saturated carbocycles. The fourth-order valence-electron chi connectivity index (χ4n) is 1.54. The van der Waals surface area contributed by atoms with E-state index in [1.807, 2.05) is 13.0 Å². The molecule has 5 nitrogen and oxygen atoms in total. The summed E-state index contributed by atoms with van der Waals surface area (Å²) in [6.07, 6.45) is 5.32. The molecule has 0 unspecified atom stereocenters. The molecule has 0 rings (SSSR count). The van der Waals surface area contributed by atoms with Gasteiger partial charge in [0.05, 0.1) is 24.8 Å². The quantitative estimate of drug-likeness (QED) is 0.533. The Morgan fingerprint density at radius 1 is 1.35 bits per heavy atom. The summed E-state index contributed by atoms with van der Waals surface area (Å²) in [6.45, 7) is 8.28. The molecule has 0 aliphatic carbocycles. The van der Waals surface area contributed by atoms with E-state index in [4.69, 9.17) is 10.5 Å². The highest BCUT2D eigenvalue weighted by Crippen LogP contribution is 2.26. The summed E-state index contributed by atoms with van der Waals surface area (Å²) in [5.41, 5.74) is 7.11. The Labute approximate surface area is 123 Å². The standard InChI is InChI=1S/C14H28N2O3S/c1-7-12(16-20(6,17)18)13(19-5)11(15)9-10-14(3,4)8-2/h9,16H,7-8,10,15H2,1-6H3/b11-9+,13-12-. The molecule has 0 bridgehead atoms. The maximum absolute atomic E-state index is 11.3. The highest BCUT2D eigenvalue weighted by Gasteiger charge is 2.16. The van der Waals surface area contributed by atoms with Crippen LogP contribution in [0, 0.1) is 5.41 Å². The van der Waals surface area contributed by atoms with Crippen molar-refractivity contribution < 1.29 is 13.2 Å². The van der Waals surface area contributed by atoms with E-state index in [-0.39, 0.29) is 5.41 Å². The molecule has 0 amide bonds. The van der Waals surface area contributed by atoms with Gasteiger partial charge >= 0.3 is 0 Å². The SMILES string of the molecule is CC/C(NS(C)(=O)=O)=C(OC)\C(N)=C/CC(C)(C)CC. The maximum Gasteiger partial charge on any atom is 0.229 e. The van der Waals surface area contributed by atoms with Gasteiger partial charge < -0.3 is 10.5 Å². The number of nitrogens with two attached hydrogens (primary N) is 1. The first-order chi connectivity index (χ1) is 9.06. The number of nitrogens with one attached hydrogen (secondary N) is 1. The fraction of sp³-hybridized carbons (Fsp3) is 0.714. The molecule has 0 radical (unpaired) electrons. The van der Waals surface area contributed by atoms with Crippen LogP contribution in [0.5, 0.6) is 0 Å². The average molecular weight is 304 g/mol. The summed E-state index contributed by atoms with van der Waals surface area (Å²) in [7, 11) is -1.86. The molecule has 0 fully saturated rings. The van der Waals surface area contributed by atoms with E-state index in [1.165, 1.54) is 7.11 Å². The normalized spacial score (nSPS) is 14.8. The Morgan fingerprint density at radius 2 is 1.90 bits per heavy atom. The molecule has 0 spiro atoms. The third-order valence-electron chi connectivity index (χ3n) is 3.23. The van der Waals surface area contributed by atoms with Crippen LogP contribution in [0.1, 0.15) is 47.0 Å². The molecule has 0 saturated heterocycles. The highest BCUT2D eigenvalue weighted by molar-refractivity contribution is 7.88. The summed E-state index contributed by atoms with van der Waals surface area (Å²) in [6, 6.07) is 0. The minimum atomic E-state index is -3.34. The lowest BCUT2D eigenvalue weighted by Gasteiger charge is -2.21. The monoisotopic (exact) mass is 304 g/mol. The van der Waals surface area contributed by atoms with Crippen LogP contribution in [-0.4, -0.2) is 21.8 Å². The zero-order valence-electron chi connectivity index (χ0n) is 13.4. The Morgan fingerprint density at radius 3 is 2.25 bits per heavy atom. The molecule has 6 heteroatoms. The van der Waals surface area contributed by atoms with Gasteiger partial charge in [-0.1, -0.05) is 40.2 Å². The summed E-state index contributed by atoms with van der Waals surface area (Å²) < 4.78 is 30.4. The van der Waals surface area contributed by atoms with Crippen molar-refractivity contribution in [3.63, 3.8) is 0 Å². The van der Waals surface area contributed by atoms with Gasteiger partial charge in [-0.3, -0.25) is 4.72 Å². The molecule has 118 valence electrons. The number of methoxy groups -OCH3 is 1. The van der Waals surface area contributed by atoms with Crippen molar-refractivity contribution >= 4 is 10.0 Å². The summed E-state index contributed by atoms with van der Waals surface area (Å²) in [5.74, 6) is 0.393. The van der Waals surface area contributed by atoms with Crippen LogP contribution >= 0.6 is 0 Å². The van der Waals surface area contributed by atoms with Crippen LogP contribution in [0.4, 0.5) is 0 Å². The lowest BCUT2D eigenvalue weighted by atomic mass is 9.86. The predicted octanol–water partition coefficient (Wildman–Crippen LogP) is 2.47. The lowest BCUT2D eigenvalue weighted by molar-refractivity contribution is 0.290. The van der Waals surface area contributed by atoms with E-state index in [0.29, 0.717) is 23.6 Å². The average Bonchev–Trinajstić information content (AvgIpc) is 2.34. The van der Waals surface area contributed by atoms with Crippen molar-refractivity contribution in [1.29, 1.82) is 0 Å². The van der Waals surface area contributed by atoms with Crippen molar-refractivity contribution in [2.75, 3.05) is 13.4 Å². The number of allylic oxidation sites excluding steroid dienone is 2. The van der Waals surface area contributed by atoms with Gasteiger partial charge in [0.1, 0.15) is 0 Å². The van der Waals surface area contributed by atoms with E-state index < -0.39 is 10.0 Å². The molecule has 0 aliphatic heterocycles. The molecule has 3 N–H and O–H groups in total. The van der Waals surface area contributed by atoms with Gasteiger partial charge in [0.2, 0.25) is 10.0 Å². The van der Waals surface area contributed by atoms with Crippen molar-refractivity contribution in [3.05, 3.63) is 23.2 Å². The van der Waals surface area contributed by atoms with Crippen LogP contribution in [0.2, 0.25) is 0 Å². The first-order valence-corrected chi connectivity index (χ1v) is 8.66. The van der Waals surface area contributed by atoms with Crippen molar-refractivity contribution in [1.82, 2.24) is 4.72 Å². The molecular weight excluding hydrogens is 276 g/mol. The second-order valence-corrected chi connectivity index (χ2v) is 7.37. The summed E-state index contributed by atoms with van der Waals surface area (Å²) in [5, 5.41) is 0. The van der Waals surface area contributed by atoms with Gasteiger partial charge in [0.25, 0.3) is 0 Å². The van der Waals surface area contributed by atoms with E-state index in [1.54, 1.807) is 0 Å². The minimum absolute atomic E-state index is 0.153. The second kappa shape index (κ2) is 7.57. The summed E-state index contributed by atoms with van der Waals surface area (Å²) >= 11 is 0. The Kier molecular flexibility index (Phi) is 7.13. The highest BCUT2D eigenvalue weighted by atomic mass is 32.2. The minimum Gasteiger partial charge on any atom is -0.493 e. The number of sulfonamides is 1. The lowest BCUT2D eigenvalue weighted by Crippen LogP contribution is -2.24. The molecule has 0 aromatic rings. The van der Waals surface area contributed by atoms with Crippen molar-refractivity contribution in [2.24, 2.45) is 11.1 Å². The molecule has 0 aromatic heterocycles. The van der Waals surface area contributed by atoms with E-state index in [2.05, 4.69) is 25.5 Å². The first kappa shape index (κ1) is 18.8. The zero-order valence-corrected chi connectivity index (χ0v) is 14.2. The van der Waals surface area contributed by atoms with E-state index >= 15 is 0 Å². The van der Waals surface area contributed by atoms with Gasteiger partial charge in [0.15, 0.2) is 5.76 Å². The predicted molar refractivity (Wildman–Crippen MR) is 83.3 cm³/mol. The number of hydrogen-bond donors (Lipinski definition) is 2. The second-order valence-electron chi connectivity index (χ2n) is 5.62. The Bertz CT molecular complexity index is 477. The maximum atomic E-state index is 11.3. The fourth-order valence-corrected chi connectivity index (χ4v) is 2.23. The van der Waals surface area contributed by atoms with Crippen LogP contribution < -0.4 is 10.5 Å². The van der Waals surface area contributed by atoms with Crippen LogP contribution in [0.25, 0.3) is 0 Å². The molecule has 20 heavy (non-hydrogen) atoms. The summed E-state index contributed by atoms with van der Waals surface area (Å²) in [4.78, 5) is 0. The van der Waals surface area contributed by atoms with Crippen molar-refractivity contribution in [3.8, 4) is 0 Å². The Hall–Kier alpha value is -1.17. The largest absolute Gasteiger partial charge is 0.493 e. The molecule has 0 aliphatic rings. The number of hydrogen-bond acceptors (Lipinski definition) is 4. The van der Waals surface area contributed by atoms with Gasteiger partial charge in [-0.05, 0) is 18.3 Å². The first-order valence-electron chi connectivity index (χ1n) is 6.77. The van der Waals surface area contributed by atoms with Gasteiger partial charge in [-0.15, -0.1) is 0 Å². The van der Waals surface area contributed by atoms with Gasteiger partial charge in [0, 0.05) is 0 Å². The van der Waals surface area contributed by atoms with Crippen LogP contribution in [0.3, 0.4) is 0 Å². The molecule has 0 aromatic carbocycles. The van der Waals surface area contributed by atoms with Crippen LogP contribution in [0.15, 0.2) is 23.2 Å². The zero-order chi connectivity index (χ0) is 16.0. The molecular formula is C14H28N2O3S. The van der Waals surface area contributed by atoms with E-state index in [9.17, 15) is 8.42 Å². The number of rotatable bonds is 8. The van der Waals surface area contributed by atoms with E-state index in [0.717, 1.165) is 19.1 Å². The van der Waals surface area contributed by atoms with Crippen LogP contribution in [-0.2, 0) is 14.8 Å². The van der Waals surface area contributed by atoms with Gasteiger partial charge in [-0.25, -0.2) is 8.42 Å². The Balaban J connectivity index is 5.36. The molecule has 0 atom stereocenters. The third-order valence-corrected chi connectivity index (χ3v) is 3.85.